The van der Waals surface area contributed by atoms with E-state index in [1.807, 2.05) is 0 Å². The molecule has 0 radical (unpaired) electrons. The van der Waals surface area contributed by atoms with Crippen molar-refractivity contribution in [2.24, 2.45) is 0 Å². The Labute approximate surface area is 98.5 Å². The van der Waals surface area contributed by atoms with Gasteiger partial charge < -0.3 is 10.5 Å². The first kappa shape index (κ1) is 13.0. The topological polar surface area (TPSA) is 95.5 Å². The number of nitro benzene ring substituents is 1. The maximum Gasteiger partial charge on any atom is 0.338 e. The zero-order chi connectivity index (χ0) is 13.2. The minimum atomic E-state index is -0.646. The van der Waals surface area contributed by atoms with Crippen LogP contribution in [0.4, 0.5) is 11.4 Å². The highest BCUT2D eigenvalue weighted by Gasteiger charge is 2.21. The summed E-state index contributed by atoms with van der Waals surface area (Å²) in [7, 11) is 0. The van der Waals surface area contributed by atoms with Gasteiger partial charge in [-0.05, 0) is 32.9 Å². The number of hydrogen-bond donors (Lipinski definition) is 1. The summed E-state index contributed by atoms with van der Waals surface area (Å²) in [6.45, 7) is 5.16. The van der Waals surface area contributed by atoms with Crippen LogP contribution in [0.2, 0.25) is 0 Å². The van der Waals surface area contributed by atoms with E-state index in [1.54, 1.807) is 20.8 Å². The van der Waals surface area contributed by atoms with Crippen LogP contribution in [0.3, 0.4) is 0 Å². The minimum Gasteiger partial charge on any atom is -0.456 e. The van der Waals surface area contributed by atoms with Gasteiger partial charge in [-0.2, -0.15) is 0 Å². The van der Waals surface area contributed by atoms with Gasteiger partial charge in [0.25, 0.3) is 5.69 Å². The number of nitrogens with zero attached hydrogens (tertiary/aromatic N) is 1. The van der Waals surface area contributed by atoms with Gasteiger partial charge in [-0.25, -0.2) is 4.79 Å². The van der Waals surface area contributed by atoms with Gasteiger partial charge in [-0.1, -0.05) is 0 Å². The van der Waals surface area contributed by atoms with Crippen LogP contribution in [0.5, 0.6) is 0 Å². The number of esters is 1. The summed E-state index contributed by atoms with van der Waals surface area (Å²) in [6, 6.07) is 3.83. The standard InChI is InChI=1S/C11H14N2O4/c1-11(2,3)17-10(14)7-4-5-8(12)9(6-7)13(15)16/h4-6H,12H2,1-3H3. The van der Waals surface area contributed by atoms with Gasteiger partial charge in [0.2, 0.25) is 0 Å². The molecule has 0 aliphatic heterocycles. The predicted octanol–water partition coefficient (Wildman–Crippen LogP) is 2.13. The fraction of sp³-hybridized carbons (Fsp3) is 0.364. The lowest BCUT2D eigenvalue weighted by Gasteiger charge is -2.19. The highest BCUT2D eigenvalue weighted by molar-refractivity contribution is 5.91. The average molecular weight is 238 g/mol. The SMILES string of the molecule is CC(C)(C)OC(=O)c1ccc(N)c([N+](=O)[O-])c1. The van der Waals surface area contributed by atoms with E-state index >= 15 is 0 Å². The average Bonchev–Trinajstić information content (AvgIpc) is 2.14. The summed E-state index contributed by atoms with van der Waals surface area (Å²) >= 11 is 0. The van der Waals surface area contributed by atoms with Crippen LogP contribution in [-0.2, 0) is 4.74 Å². The number of nitro groups is 1. The Morgan fingerprint density at radius 3 is 2.47 bits per heavy atom. The van der Waals surface area contributed by atoms with Crippen LogP contribution < -0.4 is 5.73 Å². The Balaban J connectivity index is 3.04. The Morgan fingerprint density at radius 1 is 1.41 bits per heavy atom. The van der Waals surface area contributed by atoms with E-state index < -0.39 is 16.5 Å². The first-order chi connectivity index (χ1) is 7.70. The molecule has 17 heavy (non-hydrogen) atoms. The van der Waals surface area contributed by atoms with E-state index in [0.717, 1.165) is 6.07 Å². The zero-order valence-corrected chi connectivity index (χ0v) is 9.89. The Morgan fingerprint density at radius 2 is 2.00 bits per heavy atom. The van der Waals surface area contributed by atoms with E-state index in [-0.39, 0.29) is 16.9 Å². The van der Waals surface area contributed by atoms with Crippen molar-refractivity contribution < 1.29 is 14.5 Å². The number of carbonyl (C=O) groups is 1. The van der Waals surface area contributed by atoms with Crippen molar-refractivity contribution >= 4 is 17.3 Å². The molecule has 0 heterocycles. The lowest BCUT2D eigenvalue weighted by Crippen LogP contribution is -2.23. The summed E-state index contributed by atoms with van der Waals surface area (Å²) < 4.78 is 5.10. The number of nitrogens with two attached hydrogens (primary N) is 1. The summed E-state index contributed by atoms with van der Waals surface area (Å²) in [5.41, 5.74) is 4.61. The van der Waals surface area contributed by atoms with Crippen LogP contribution in [0.25, 0.3) is 0 Å². The second-order valence-electron chi connectivity index (χ2n) is 4.53. The van der Waals surface area contributed by atoms with Crippen LogP contribution in [0.1, 0.15) is 31.1 Å². The van der Waals surface area contributed by atoms with Gasteiger partial charge >= 0.3 is 5.97 Å². The van der Waals surface area contributed by atoms with E-state index in [2.05, 4.69) is 0 Å². The van der Waals surface area contributed by atoms with Crippen molar-refractivity contribution in [3.63, 3.8) is 0 Å². The maximum atomic E-state index is 11.7. The molecule has 0 aliphatic carbocycles. The molecule has 1 aromatic rings. The Bertz CT molecular complexity index is 463. The molecule has 2 N–H and O–H groups in total. The zero-order valence-electron chi connectivity index (χ0n) is 9.89. The minimum absolute atomic E-state index is 0.0160. The highest BCUT2D eigenvalue weighted by atomic mass is 16.6. The van der Waals surface area contributed by atoms with Crippen LogP contribution in [-0.4, -0.2) is 16.5 Å². The molecule has 1 rings (SSSR count). The van der Waals surface area contributed by atoms with Crippen molar-refractivity contribution in [2.45, 2.75) is 26.4 Å². The van der Waals surface area contributed by atoms with Crippen LogP contribution in [0.15, 0.2) is 18.2 Å². The summed E-state index contributed by atoms with van der Waals surface area (Å²) in [5, 5.41) is 10.7. The molecule has 0 bridgehead atoms. The highest BCUT2D eigenvalue weighted by Crippen LogP contribution is 2.23. The molecular formula is C11H14N2O4. The molecule has 0 amide bonds. The van der Waals surface area contributed by atoms with Crippen molar-refractivity contribution in [3.8, 4) is 0 Å². The number of benzene rings is 1. The summed E-state index contributed by atoms with van der Waals surface area (Å²) in [4.78, 5) is 21.7. The number of carbonyl (C=O) groups excluding carboxylic acids is 1. The molecule has 6 nitrogen and oxygen atoms in total. The predicted molar refractivity (Wildman–Crippen MR) is 62.7 cm³/mol. The summed E-state index contributed by atoms with van der Waals surface area (Å²) in [5.74, 6) is -0.611. The van der Waals surface area contributed by atoms with Gasteiger partial charge in [0.05, 0.1) is 10.5 Å². The molecule has 0 unspecified atom stereocenters. The van der Waals surface area contributed by atoms with Crippen LogP contribution >= 0.6 is 0 Å². The normalized spacial score (nSPS) is 11.0. The van der Waals surface area contributed by atoms with E-state index in [4.69, 9.17) is 10.5 Å². The third-order valence-corrected chi connectivity index (χ3v) is 1.86. The molecule has 0 atom stereocenters. The fourth-order valence-electron chi connectivity index (χ4n) is 1.17. The van der Waals surface area contributed by atoms with Crippen molar-refractivity contribution in [1.82, 2.24) is 0 Å². The lowest BCUT2D eigenvalue weighted by molar-refractivity contribution is -0.383. The van der Waals surface area contributed by atoms with Gasteiger partial charge in [-0.3, -0.25) is 10.1 Å². The largest absolute Gasteiger partial charge is 0.456 e. The van der Waals surface area contributed by atoms with Crippen molar-refractivity contribution in [1.29, 1.82) is 0 Å². The monoisotopic (exact) mass is 238 g/mol. The smallest absolute Gasteiger partial charge is 0.338 e. The molecule has 0 spiro atoms. The fourth-order valence-corrected chi connectivity index (χ4v) is 1.17. The number of anilines is 1. The number of nitrogen functional groups attached to an aromatic ring is 1. The molecule has 1 aromatic carbocycles. The first-order valence-electron chi connectivity index (χ1n) is 4.98. The quantitative estimate of drug-likeness (QED) is 0.368. The number of ether oxygens (including phenoxy) is 1. The molecule has 0 saturated carbocycles. The maximum absolute atomic E-state index is 11.7. The number of hydrogen-bond acceptors (Lipinski definition) is 5. The molecule has 6 heteroatoms. The van der Waals surface area contributed by atoms with E-state index in [9.17, 15) is 14.9 Å². The van der Waals surface area contributed by atoms with Gasteiger partial charge in [0, 0.05) is 6.07 Å². The second kappa shape index (κ2) is 4.40. The van der Waals surface area contributed by atoms with E-state index in [0.29, 0.717) is 0 Å². The molecule has 92 valence electrons. The molecule has 0 saturated heterocycles. The molecule has 0 aliphatic rings. The van der Waals surface area contributed by atoms with E-state index in [1.165, 1.54) is 12.1 Å². The second-order valence-corrected chi connectivity index (χ2v) is 4.53. The molecule has 0 fully saturated rings. The molecular weight excluding hydrogens is 224 g/mol. The van der Waals surface area contributed by atoms with Gasteiger partial charge in [0.1, 0.15) is 11.3 Å². The Hall–Kier alpha value is -2.11. The van der Waals surface area contributed by atoms with Crippen LogP contribution in [0, 0.1) is 10.1 Å². The van der Waals surface area contributed by atoms with Gasteiger partial charge in [0.15, 0.2) is 0 Å². The van der Waals surface area contributed by atoms with Crippen molar-refractivity contribution in [3.05, 3.63) is 33.9 Å². The Kier molecular flexibility index (Phi) is 3.36. The summed E-state index contributed by atoms with van der Waals surface area (Å²) in [6.07, 6.45) is 0. The third-order valence-electron chi connectivity index (χ3n) is 1.86. The third kappa shape index (κ3) is 3.44. The number of rotatable bonds is 2. The first-order valence-corrected chi connectivity index (χ1v) is 4.98. The van der Waals surface area contributed by atoms with Gasteiger partial charge in [-0.15, -0.1) is 0 Å². The molecule has 0 aromatic heterocycles. The lowest BCUT2D eigenvalue weighted by atomic mass is 10.1. The van der Waals surface area contributed by atoms with Crippen molar-refractivity contribution in [2.75, 3.05) is 5.73 Å².